The highest BCUT2D eigenvalue weighted by Crippen LogP contribution is 2.39. The van der Waals surface area contributed by atoms with Gasteiger partial charge in [-0.05, 0) is 23.8 Å². The van der Waals surface area contributed by atoms with E-state index < -0.39 is 20.8 Å². The van der Waals surface area contributed by atoms with E-state index in [9.17, 15) is 13.2 Å². The molecule has 3 rings (SSSR count). The molecule has 0 saturated heterocycles. The second-order valence-corrected chi connectivity index (χ2v) is 7.66. The van der Waals surface area contributed by atoms with E-state index in [1.807, 2.05) is 6.07 Å². The van der Waals surface area contributed by atoms with Gasteiger partial charge in [0.2, 0.25) is 10.0 Å². The maximum absolute atomic E-state index is 12.3. The van der Waals surface area contributed by atoms with E-state index in [2.05, 4.69) is 4.98 Å². The number of nitrogens with zero attached hydrogens (tertiary/aromatic N) is 1. The molecule has 0 saturated carbocycles. The number of pyridine rings is 1. The quantitative estimate of drug-likeness (QED) is 0.574. The van der Waals surface area contributed by atoms with Gasteiger partial charge in [0.15, 0.2) is 0 Å². The maximum atomic E-state index is 12.3. The fraction of sp³-hybridized carbons (Fsp3) is 0. The van der Waals surface area contributed by atoms with Crippen molar-refractivity contribution in [2.75, 3.05) is 5.73 Å². The number of rotatable bonds is 4. The maximum Gasteiger partial charge on any atom is 0.252 e. The number of nitrogen functional groups attached to an aromatic ring is 1. The van der Waals surface area contributed by atoms with Crippen molar-refractivity contribution in [3.05, 3.63) is 65.3 Å². The number of benzene rings is 2. The van der Waals surface area contributed by atoms with E-state index in [0.29, 0.717) is 16.1 Å². The smallest absolute Gasteiger partial charge is 0.252 e. The summed E-state index contributed by atoms with van der Waals surface area (Å²) in [7, 11) is -4.34. The van der Waals surface area contributed by atoms with Crippen LogP contribution in [0.3, 0.4) is 0 Å². The zero-order chi connectivity index (χ0) is 19.8. The van der Waals surface area contributed by atoms with Crippen LogP contribution in [0.5, 0.6) is 0 Å². The first-order valence-electron chi connectivity index (χ1n) is 7.66. The molecule has 0 bridgehead atoms. The average Bonchev–Trinajstić information content (AvgIpc) is 2.61. The molecular weight excluding hydrogens is 388 g/mol. The molecule has 9 heteroatoms. The van der Waals surface area contributed by atoms with Crippen LogP contribution in [0.15, 0.2) is 59.6 Å². The van der Waals surface area contributed by atoms with Crippen LogP contribution in [0.2, 0.25) is 5.02 Å². The van der Waals surface area contributed by atoms with E-state index in [0.717, 1.165) is 0 Å². The van der Waals surface area contributed by atoms with Gasteiger partial charge in [-0.3, -0.25) is 9.78 Å². The fourth-order valence-electron chi connectivity index (χ4n) is 2.80. The summed E-state index contributed by atoms with van der Waals surface area (Å²) in [5, 5.41) is 5.74. The van der Waals surface area contributed by atoms with Gasteiger partial charge in [0.25, 0.3) is 5.91 Å². The Morgan fingerprint density at radius 3 is 2.22 bits per heavy atom. The number of halogens is 1. The Labute approximate surface area is 160 Å². The Morgan fingerprint density at radius 1 is 1.04 bits per heavy atom. The molecule has 0 atom stereocenters. The van der Waals surface area contributed by atoms with Gasteiger partial charge in [0.05, 0.1) is 22.0 Å². The molecule has 2 aromatic carbocycles. The Hall–Kier alpha value is -2.94. The standard InChI is InChI=1S/C18H15ClN4O3S/c19-11-6-7-14(23-9-11)13-8-12(10-4-2-1-3-5-10)16(20)15(18(21)24)17(13)27(22,25)26/h1-9H,20H2,(H2,21,24)(H2,22,25,26). The fourth-order valence-corrected chi connectivity index (χ4v) is 3.88. The highest BCUT2D eigenvalue weighted by Gasteiger charge is 2.28. The van der Waals surface area contributed by atoms with Crippen LogP contribution in [-0.2, 0) is 10.0 Å². The summed E-state index contributed by atoms with van der Waals surface area (Å²) in [4.78, 5) is 15.8. The summed E-state index contributed by atoms with van der Waals surface area (Å²) in [6.07, 6.45) is 1.35. The van der Waals surface area contributed by atoms with E-state index in [1.54, 1.807) is 30.3 Å². The number of nitrogens with two attached hydrogens (primary N) is 3. The van der Waals surface area contributed by atoms with E-state index >= 15 is 0 Å². The van der Waals surface area contributed by atoms with Gasteiger partial charge < -0.3 is 11.5 Å². The number of primary amides is 1. The highest BCUT2D eigenvalue weighted by molar-refractivity contribution is 7.89. The Bertz CT molecular complexity index is 1130. The molecule has 1 heterocycles. The molecule has 0 fully saturated rings. The summed E-state index contributed by atoms with van der Waals surface area (Å²) in [5.41, 5.74) is 12.6. The zero-order valence-electron chi connectivity index (χ0n) is 13.9. The lowest BCUT2D eigenvalue weighted by Crippen LogP contribution is -2.23. The third kappa shape index (κ3) is 3.63. The minimum Gasteiger partial charge on any atom is -0.398 e. The summed E-state index contributed by atoms with van der Waals surface area (Å²) in [6.45, 7) is 0. The van der Waals surface area contributed by atoms with E-state index in [1.165, 1.54) is 18.3 Å². The van der Waals surface area contributed by atoms with Crippen molar-refractivity contribution in [2.45, 2.75) is 4.90 Å². The van der Waals surface area contributed by atoms with Gasteiger partial charge in [0, 0.05) is 17.3 Å². The number of amides is 1. The normalized spacial score (nSPS) is 11.3. The molecule has 3 aromatic rings. The summed E-state index contributed by atoms with van der Waals surface area (Å²) in [6, 6.07) is 13.5. The summed E-state index contributed by atoms with van der Waals surface area (Å²) in [5.74, 6) is -1.01. The monoisotopic (exact) mass is 402 g/mol. The molecule has 1 aromatic heterocycles. The van der Waals surface area contributed by atoms with Gasteiger partial charge in [-0.25, -0.2) is 13.6 Å². The molecule has 27 heavy (non-hydrogen) atoms. The number of hydrogen-bond acceptors (Lipinski definition) is 5. The third-order valence-electron chi connectivity index (χ3n) is 3.94. The predicted molar refractivity (Wildman–Crippen MR) is 104 cm³/mol. The van der Waals surface area contributed by atoms with Gasteiger partial charge >= 0.3 is 0 Å². The van der Waals surface area contributed by atoms with Crippen molar-refractivity contribution in [2.24, 2.45) is 10.9 Å². The number of anilines is 1. The van der Waals surface area contributed by atoms with Crippen LogP contribution >= 0.6 is 11.6 Å². The van der Waals surface area contributed by atoms with Gasteiger partial charge in [0.1, 0.15) is 4.90 Å². The van der Waals surface area contributed by atoms with E-state index in [4.69, 9.17) is 28.2 Å². The summed E-state index contributed by atoms with van der Waals surface area (Å²) >= 11 is 5.86. The van der Waals surface area contributed by atoms with Gasteiger partial charge in [-0.1, -0.05) is 41.9 Å². The largest absolute Gasteiger partial charge is 0.398 e. The van der Waals surface area contributed by atoms with Crippen molar-refractivity contribution in [3.63, 3.8) is 0 Å². The van der Waals surface area contributed by atoms with Crippen molar-refractivity contribution in [1.29, 1.82) is 0 Å². The third-order valence-corrected chi connectivity index (χ3v) is 5.16. The number of primary sulfonamides is 1. The Kier molecular flexibility index (Phi) is 4.88. The molecule has 1 amide bonds. The molecule has 138 valence electrons. The minimum atomic E-state index is -4.34. The van der Waals surface area contributed by atoms with Crippen LogP contribution in [0, 0.1) is 0 Å². The second kappa shape index (κ2) is 6.99. The summed E-state index contributed by atoms with van der Waals surface area (Å²) < 4.78 is 24.6. The van der Waals surface area contributed by atoms with Crippen LogP contribution < -0.4 is 16.6 Å². The van der Waals surface area contributed by atoms with Crippen LogP contribution in [0.4, 0.5) is 5.69 Å². The van der Waals surface area contributed by atoms with Gasteiger partial charge in [-0.15, -0.1) is 0 Å². The molecule has 0 spiro atoms. The molecule has 0 aliphatic heterocycles. The lowest BCUT2D eigenvalue weighted by molar-refractivity contribution is 0.0998. The van der Waals surface area contributed by atoms with Gasteiger partial charge in [-0.2, -0.15) is 0 Å². The van der Waals surface area contributed by atoms with Crippen LogP contribution in [0.25, 0.3) is 22.4 Å². The molecule has 6 N–H and O–H groups in total. The molecule has 7 nitrogen and oxygen atoms in total. The first kappa shape index (κ1) is 18.8. The van der Waals surface area contributed by atoms with Crippen molar-refractivity contribution in [3.8, 4) is 22.4 Å². The average molecular weight is 403 g/mol. The molecular formula is C18H15ClN4O3S. The number of aromatic nitrogens is 1. The molecule has 0 unspecified atom stereocenters. The highest BCUT2D eigenvalue weighted by atomic mass is 35.5. The van der Waals surface area contributed by atoms with Crippen LogP contribution in [-0.4, -0.2) is 19.3 Å². The van der Waals surface area contributed by atoms with Crippen molar-refractivity contribution in [1.82, 2.24) is 4.98 Å². The Morgan fingerprint density at radius 2 is 1.70 bits per heavy atom. The topological polar surface area (TPSA) is 142 Å². The zero-order valence-corrected chi connectivity index (χ0v) is 15.5. The second-order valence-electron chi connectivity index (χ2n) is 5.73. The molecule has 0 aliphatic rings. The Balaban J connectivity index is 2.48. The van der Waals surface area contributed by atoms with Crippen molar-refractivity contribution >= 4 is 33.2 Å². The first-order chi connectivity index (χ1) is 12.7. The predicted octanol–water partition coefficient (Wildman–Crippen LogP) is 2.40. The lowest BCUT2D eigenvalue weighted by atomic mass is 9.95. The first-order valence-corrected chi connectivity index (χ1v) is 9.59. The number of hydrogen-bond donors (Lipinski definition) is 3. The number of sulfonamides is 1. The number of carbonyl (C=O) groups excluding carboxylic acids is 1. The van der Waals surface area contributed by atoms with E-state index in [-0.39, 0.29) is 22.5 Å². The molecule has 0 radical (unpaired) electrons. The van der Waals surface area contributed by atoms with Crippen molar-refractivity contribution < 1.29 is 13.2 Å². The minimum absolute atomic E-state index is 0.0737. The van der Waals surface area contributed by atoms with Crippen LogP contribution in [0.1, 0.15) is 10.4 Å². The SMILES string of the molecule is NC(=O)c1c(N)c(-c2ccccc2)cc(-c2ccc(Cl)cn2)c1S(N)(=O)=O. The lowest BCUT2D eigenvalue weighted by Gasteiger charge is -2.17. The molecule has 0 aliphatic carbocycles. The number of carbonyl (C=O) groups is 1.